The molecule has 2 heterocycles. The first-order chi connectivity index (χ1) is 14.1. The summed E-state index contributed by atoms with van der Waals surface area (Å²) < 4.78 is 7.43. The summed E-state index contributed by atoms with van der Waals surface area (Å²) in [5, 5.41) is 3.45. The quantitative estimate of drug-likeness (QED) is 0.724. The molecule has 0 radical (unpaired) electrons. The van der Waals surface area contributed by atoms with Crippen molar-refractivity contribution >= 4 is 16.8 Å². The van der Waals surface area contributed by atoms with Crippen LogP contribution in [0.15, 0.2) is 53.3 Å². The Morgan fingerprint density at radius 2 is 2.00 bits per heavy atom. The van der Waals surface area contributed by atoms with Crippen molar-refractivity contribution in [2.24, 2.45) is 0 Å². The monoisotopic (exact) mass is 391 g/mol. The van der Waals surface area contributed by atoms with E-state index in [2.05, 4.69) is 10.3 Å². The largest absolute Gasteiger partial charge is 0.484 e. The van der Waals surface area contributed by atoms with Crippen molar-refractivity contribution in [2.45, 2.75) is 45.2 Å². The van der Waals surface area contributed by atoms with Crippen molar-refractivity contribution in [3.63, 3.8) is 0 Å². The number of hydrogen-bond donors (Lipinski definition) is 1. The second-order valence-electron chi connectivity index (χ2n) is 7.46. The Labute approximate surface area is 169 Å². The van der Waals surface area contributed by atoms with Gasteiger partial charge < -0.3 is 10.1 Å². The van der Waals surface area contributed by atoms with Gasteiger partial charge in [-0.15, -0.1) is 0 Å². The predicted molar refractivity (Wildman–Crippen MR) is 112 cm³/mol. The minimum Gasteiger partial charge on any atom is -0.484 e. The highest BCUT2D eigenvalue weighted by Gasteiger charge is 2.15. The summed E-state index contributed by atoms with van der Waals surface area (Å²) in [4.78, 5) is 29.8. The van der Waals surface area contributed by atoms with E-state index in [9.17, 15) is 9.59 Å². The van der Waals surface area contributed by atoms with E-state index in [0.29, 0.717) is 23.2 Å². The lowest BCUT2D eigenvalue weighted by Gasteiger charge is -2.15. The molecule has 1 unspecified atom stereocenters. The summed E-state index contributed by atoms with van der Waals surface area (Å²) >= 11 is 0. The molecule has 0 aliphatic carbocycles. The standard InChI is InChI=1S/C23H25N3O3/c1-16(17-8-4-2-5-9-17)24-22(27)15-29-18-11-12-20-19(14-18)23(28)26-13-7-3-6-10-21(26)25-20/h2,4-5,8-9,11-12,14,16H,3,6-7,10,13,15H2,1H3,(H,24,27). The Morgan fingerprint density at radius 1 is 1.17 bits per heavy atom. The molecule has 0 spiro atoms. The second-order valence-corrected chi connectivity index (χ2v) is 7.46. The van der Waals surface area contributed by atoms with E-state index in [1.54, 1.807) is 22.8 Å². The summed E-state index contributed by atoms with van der Waals surface area (Å²) in [6.45, 7) is 2.53. The Bertz CT molecular complexity index is 1080. The average molecular weight is 391 g/mol. The van der Waals surface area contributed by atoms with Gasteiger partial charge in [0.2, 0.25) is 0 Å². The lowest BCUT2D eigenvalue weighted by molar-refractivity contribution is -0.123. The SMILES string of the molecule is CC(NC(=O)COc1ccc2nc3n(c(=O)c2c1)CCCCC3)c1ccccc1. The molecule has 0 saturated carbocycles. The van der Waals surface area contributed by atoms with Gasteiger partial charge in [0.25, 0.3) is 11.5 Å². The van der Waals surface area contributed by atoms with Gasteiger partial charge in [-0.3, -0.25) is 14.2 Å². The third-order valence-corrected chi connectivity index (χ3v) is 5.33. The number of carbonyl (C=O) groups is 1. The first kappa shape index (κ1) is 19.2. The fourth-order valence-electron chi connectivity index (χ4n) is 3.74. The van der Waals surface area contributed by atoms with E-state index >= 15 is 0 Å². The molecule has 0 fully saturated rings. The molecule has 1 aliphatic rings. The van der Waals surface area contributed by atoms with Crippen LogP contribution in [0.5, 0.6) is 5.75 Å². The van der Waals surface area contributed by atoms with Crippen molar-refractivity contribution in [1.82, 2.24) is 14.9 Å². The number of ether oxygens (including phenoxy) is 1. The maximum Gasteiger partial charge on any atom is 0.261 e. The number of amides is 1. The van der Waals surface area contributed by atoms with Crippen LogP contribution in [-0.4, -0.2) is 22.1 Å². The first-order valence-electron chi connectivity index (χ1n) is 10.1. The molecule has 1 N–H and O–H groups in total. The van der Waals surface area contributed by atoms with Gasteiger partial charge in [-0.25, -0.2) is 4.98 Å². The molecule has 6 nitrogen and oxygen atoms in total. The average Bonchev–Trinajstić information content (AvgIpc) is 2.99. The van der Waals surface area contributed by atoms with Crippen molar-refractivity contribution < 1.29 is 9.53 Å². The minimum atomic E-state index is -0.210. The molecule has 0 saturated heterocycles. The van der Waals surface area contributed by atoms with E-state index in [-0.39, 0.29) is 24.1 Å². The number of aryl methyl sites for hydroxylation is 1. The molecule has 4 rings (SSSR count). The van der Waals surface area contributed by atoms with Crippen molar-refractivity contribution in [3.05, 3.63) is 70.3 Å². The lowest BCUT2D eigenvalue weighted by Crippen LogP contribution is -2.31. The van der Waals surface area contributed by atoms with Gasteiger partial charge in [0.05, 0.1) is 16.9 Å². The molecule has 150 valence electrons. The highest BCUT2D eigenvalue weighted by atomic mass is 16.5. The van der Waals surface area contributed by atoms with Crippen molar-refractivity contribution in [2.75, 3.05) is 6.61 Å². The Morgan fingerprint density at radius 3 is 2.83 bits per heavy atom. The third kappa shape index (κ3) is 4.31. The summed E-state index contributed by atoms with van der Waals surface area (Å²) in [7, 11) is 0. The van der Waals surface area contributed by atoms with Crippen LogP contribution in [-0.2, 0) is 17.8 Å². The van der Waals surface area contributed by atoms with E-state index in [1.165, 1.54) is 0 Å². The number of hydrogen-bond acceptors (Lipinski definition) is 4. The molecule has 0 bridgehead atoms. The maximum atomic E-state index is 12.9. The van der Waals surface area contributed by atoms with Gasteiger partial charge in [0, 0.05) is 13.0 Å². The zero-order chi connectivity index (χ0) is 20.2. The molecular weight excluding hydrogens is 366 g/mol. The highest BCUT2D eigenvalue weighted by Crippen LogP contribution is 2.20. The summed E-state index contributed by atoms with van der Waals surface area (Å²) in [5.41, 5.74) is 1.68. The fourth-order valence-corrected chi connectivity index (χ4v) is 3.74. The van der Waals surface area contributed by atoms with E-state index in [1.807, 2.05) is 37.3 Å². The minimum absolute atomic E-state index is 0.0282. The molecule has 2 aromatic carbocycles. The maximum absolute atomic E-state index is 12.9. The topological polar surface area (TPSA) is 73.2 Å². The van der Waals surface area contributed by atoms with Gasteiger partial charge in [-0.05, 0) is 43.5 Å². The normalized spacial score (nSPS) is 14.7. The Hall–Kier alpha value is -3.15. The number of rotatable bonds is 5. The molecule has 29 heavy (non-hydrogen) atoms. The molecule has 1 aromatic heterocycles. The first-order valence-corrected chi connectivity index (χ1v) is 10.1. The number of aromatic nitrogens is 2. The van der Waals surface area contributed by atoms with Crippen LogP contribution in [0.4, 0.5) is 0 Å². The van der Waals surface area contributed by atoms with E-state index in [0.717, 1.165) is 37.1 Å². The highest BCUT2D eigenvalue weighted by molar-refractivity contribution is 5.80. The van der Waals surface area contributed by atoms with Crippen LogP contribution >= 0.6 is 0 Å². The Kier molecular flexibility index (Phi) is 5.60. The van der Waals surface area contributed by atoms with Gasteiger partial charge in [-0.1, -0.05) is 36.8 Å². The molecule has 1 amide bonds. The van der Waals surface area contributed by atoms with Crippen molar-refractivity contribution in [1.29, 1.82) is 0 Å². The molecule has 6 heteroatoms. The smallest absolute Gasteiger partial charge is 0.261 e. The van der Waals surface area contributed by atoms with Crippen LogP contribution in [0, 0.1) is 0 Å². The number of nitrogens with zero attached hydrogens (tertiary/aromatic N) is 2. The zero-order valence-corrected chi connectivity index (χ0v) is 16.6. The van der Waals surface area contributed by atoms with Gasteiger partial charge in [0.1, 0.15) is 11.6 Å². The second kappa shape index (κ2) is 8.47. The van der Waals surface area contributed by atoms with Crippen LogP contribution in [0.2, 0.25) is 0 Å². The third-order valence-electron chi connectivity index (χ3n) is 5.33. The fraction of sp³-hybridized carbons (Fsp3) is 0.348. The van der Waals surface area contributed by atoms with Crippen LogP contribution in [0.1, 0.15) is 43.6 Å². The van der Waals surface area contributed by atoms with Crippen molar-refractivity contribution in [3.8, 4) is 5.75 Å². The molecule has 1 aliphatic heterocycles. The van der Waals surface area contributed by atoms with Crippen LogP contribution in [0.3, 0.4) is 0 Å². The number of carbonyl (C=O) groups excluding carboxylic acids is 1. The summed E-state index contributed by atoms with van der Waals surface area (Å²) in [5.74, 6) is 1.15. The van der Waals surface area contributed by atoms with Gasteiger partial charge >= 0.3 is 0 Å². The predicted octanol–water partition coefficient (Wildman–Crippen LogP) is 3.38. The van der Waals surface area contributed by atoms with Crippen LogP contribution < -0.4 is 15.6 Å². The molecule has 3 aromatic rings. The van der Waals surface area contributed by atoms with Gasteiger partial charge in [0.15, 0.2) is 6.61 Å². The van der Waals surface area contributed by atoms with Crippen LogP contribution in [0.25, 0.3) is 10.9 Å². The number of nitrogens with one attached hydrogen (secondary N) is 1. The number of benzene rings is 2. The lowest BCUT2D eigenvalue weighted by atomic mass is 10.1. The molecule has 1 atom stereocenters. The molecular formula is C23H25N3O3. The zero-order valence-electron chi connectivity index (χ0n) is 16.6. The number of fused-ring (bicyclic) bond motifs is 2. The van der Waals surface area contributed by atoms with E-state index < -0.39 is 0 Å². The van der Waals surface area contributed by atoms with E-state index in [4.69, 9.17) is 4.74 Å². The van der Waals surface area contributed by atoms with Gasteiger partial charge in [-0.2, -0.15) is 0 Å². The summed E-state index contributed by atoms with van der Waals surface area (Å²) in [6.07, 6.45) is 4.01. The summed E-state index contributed by atoms with van der Waals surface area (Å²) in [6, 6.07) is 14.9. The Balaban J connectivity index is 1.46.